The Morgan fingerprint density at radius 1 is 1.33 bits per heavy atom. The molecule has 1 heterocycles. The zero-order chi connectivity index (χ0) is 15.0. The number of hydrogen-bond donors (Lipinski definition) is 1. The van der Waals surface area contributed by atoms with Crippen LogP contribution in [0.5, 0.6) is 0 Å². The normalized spacial score (nSPS) is 15.5. The van der Waals surface area contributed by atoms with Crippen LogP contribution in [0.25, 0.3) is 0 Å². The molecule has 0 saturated carbocycles. The fourth-order valence-electron chi connectivity index (χ4n) is 2.70. The van der Waals surface area contributed by atoms with Gasteiger partial charge in [-0.25, -0.2) is 9.37 Å². The summed E-state index contributed by atoms with van der Waals surface area (Å²) < 4.78 is 14.3. The van der Waals surface area contributed by atoms with Gasteiger partial charge in [0.2, 0.25) is 0 Å². The predicted octanol–water partition coefficient (Wildman–Crippen LogP) is 4.51. The quantitative estimate of drug-likeness (QED) is 0.895. The van der Waals surface area contributed by atoms with Crippen molar-refractivity contribution in [3.05, 3.63) is 50.2 Å². The molecule has 21 heavy (non-hydrogen) atoms. The zero-order valence-electron chi connectivity index (χ0n) is 12.1. The molecule has 2 aromatic rings. The molecule has 1 aromatic carbocycles. The maximum Gasteiger partial charge on any atom is 0.129 e. The minimum atomic E-state index is -0.281. The van der Waals surface area contributed by atoms with Crippen molar-refractivity contribution < 1.29 is 4.39 Å². The first-order valence-corrected chi connectivity index (χ1v) is 8.43. The minimum Gasteiger partial charge on any atom is -0.302 e. The van der Waals surface area contributed by atoms with E-state index in [2.05, 4.69) is 19.2 Å². The molecule has 0 amide bonds. The van der Waals surface area contributed by atoms with Gasteiger partial charge in [0.05, 0.1) is 11.7 Å². The first kappa shape index (κ1) is 14.9. The van der Waals surface area contributed by atoms with E-state index in [4.69, 9.17) is 16.6 Å². The Kier molecular flexibility index (Phi) is 4.29. The molecule has 0 bridgehead atoms. The summed E-state index contributed by atoms with van der Waals surface area (Å²) in [4.78, 5) is 6.10. The van der Waals surface area contributed by atoms with Gasteiger partial charge in [-0.05, 0) is 45.2 Å². The monoisotopic (exact) mass is 324 g/mol. The number of halogens is 2. The fourth-order valence-corrected chi connectivity index (χ4v) is 4.09. The average Bonchev–Trinajstić information content (AvgIpc) is 2.96. The molecule has 2 nitrogen and oxygen atoms in total. The van der Waals surface area contributed by atoms with Crippen molar-refractivity contribution in [2.24, 2.45) is 0 Å². The van der Waals surface area contributed by atoms with E-state index in [-0.39, 0.29) is 17.9 Å². The number of aryl methyl sites for hydroxylation is 2. The Hall–Kier alpha value is -0.970. The molecule has 3 rings (SSSR count). The Morgan fingerprint density at radius 3 is 2.81 bits per heavy atom. The second-order valence-corrected chi connectivity index (χ2v) is 7.25. The van der Waals surface area contributed by atoms with Crippen molar-refractivity contribution in [3.63, 3.8) is 0 Å². The van der Waals surface area contributed by atoms with Crippen LogP contribution in [0, 0.1) is 5.82 Å². The summed E-state index contributed by atoms with van der Waals surface area (Å²) in [6.45, 7) is 4.12. The van der Waals surface area contributed by atoms with Crippen LogP contribution in [0.4, 0.5) is 4.39 Å². The van der Waals surface area contributed by atoms with Gasteiger partial charge in [-0.15, -0.1) is 11.3 Å². The molecule has 0 radical (unpaired) electrons. The van der Waals surface area contributed by atoms with E-state index >= 15 is 0 Å². The van der Waals surface area contributed by atoms with Crippen LogP contribution >= 0.6 is 22.9 Å². The molecular formula is C16H18ClFN2S. The predicted molar refractivity (Wildman–Crippen MR) is 85.7 cm³/mol. The van der Waals surface area contributed by atoms with Crippen LogP contribution < -0.4 is 5.32 Å². The van der Waals surface area contributed by atoms with Crippen LogP contribution in [0.1, 0.15) is 47.5 Å². The van der Waals surface area contributed by atoms with Crippen molar-refractivity contribution >= 4 is 22.9 Å². The van der Waals surface area contributed by atoms with Gasteiger partial charge in [0.25, 0.3) is 0 Å². The third kappa shape index (κ3) is 3.12. The highest BCUT2D eigenvalue weighted by Crippen LogP contribution is 2.34. The highest BCUT2D eigenvalue weighted by molar-refractivity contribution is 7.11. The summed E-state index contributed by atoms with van der Waals surface area (Å²) in [7, 11) is 0. The minimum absolute atomic E-state index is 0.210. The third-order valence-electron chi connectivity index (χ3n) is 3.63. The highest BCUT2D eigenvalue weighted by Gasteiger charge is 2.25. The van der Waals surface area contributed by atoms with Crippen LogP contribution in [0.2, 0.25) is 5.02 Å². The molecule has 5 heteroatoms. The van der Waals surface area contributed by atoms with Gasteiger partial charge in [0.15, 0.2) is 0 Å². The molecular weight excluding hydrogens is 307 g/mol. The van der Waals surface area contributed by atoms with Crippen molar-refractivity contribution in [1.29, 1.82) is 0 Å². The summed E-state index contributed by atoms with van der Waals surface area (Å²) >= 11 is 7.57. The molecule has 0 fully saturated rings. The highest BCUT2D eigenvalue weighted by atomic mass is 35.5. The number of hydrogen-bond acceptors (Lipinski definition) is 3. The molecule has 1 unspecified atom stereocenters. The van der Waals surface area contributed by atoms with Gasteiger partial charge in [0.1, 0.15) is 10.8 Å². The lowest BCUT2D eigenvalue weighted by atomic mass is 10.1. The molecule has 1 aliphatic rings. The maximum absolute atomic E-state index is 14.3. The average molecular weight is 325 g/mol. The van der Waals surface area contributed by atoms with E-state index in [9.17, 15) is 4.39 Å². The second-order valence-electron chi connectivity index (χ2n) is 5.70. The number of rotatable bonds is 4. The number of thiazole rings is 1. The lowest BCUT2D eigenvalue weighted by molar-refractivity contribution is 0.501. The Morgan fingerprint density at radius 2 is 2.14 bits per heavy atom. The van der Waals surface area contributed by atoms with E-state index in [0.717, 1.165) is 17.8 Å². The van der Waals surface area contributed by atoms with Crippen LogP contribution in [0.15, 0.2) is 18.2 Å². The summed E-state index contributed by atoms with van der Waals surface area (Å²) in [5.74, 6) is -0.281. The summed E-state index contributed by atoms with van der Waals surface area (Å²) in [6.07, 6.45) is 3.33. The smallest absolute Gasteiger partial charge is 0.129 e. The molecule has 1 aliphatic carbocycles. The van der Waals surface area contributed by atoms with E-state index in [1.807, 2.05) is 0 Å². The lowest BCUT2D eigenvalue weighted by Gasteiger charge is -2.20. The molecule has 0 saturated heterocycles. The SMILES string of the molecule is CC(C)NC(c1nc2c(s1)CCC2)c1ccc(Cl)cc1F. The number of nitrogens with zero attached hydrogens (tertiary/aromatic N) is 1. The summed E-state index contributed by atoms with van der Waals surface area (Å²) in [5, 5.41) is 4.80. The van der Waals surface area contributed by atoms with E-state index in [1.54, 1.807) is 23.5 Å². The second kappa shape index (κ2) is 6.03. The number of aromatic nitrogens is 1. The molecule has 1 atom stereocenters. The first-order chi connectivity index (χ1) is 10.0. The van der Waals surface area contributed by atoms with E-state index in [0.29, 0.717) is 10.6 Å². The van der Waals surface area contributed by atoms with Crippen LogP contribution in [-0.4, -0.2) is 11.0 Å². The molecule has 1 N–H and O–H groups in total. The number of nitrogens with one attached hydrogen (secondary N) is 1. The Bertz CT molecular complexity index is 632. The maximum atomic E-state index is 14.3. The lowest BCUT2D eigenvalue weighted by Crippen LogP contribution is -2.29. The van der Waals surface area contributed by atoms with Crippen LogP contribution in [0.3, 0.4) is 0 Å². The Labute approximate surface area is 133 Å². The van der Waals surface area contributed by atoms with Crippen molar-refractivity contribution in [3.8, 4) is 0 Å². The number of fused-ring (bicyclic) bond motifs is 1. The van der Waals surface area contributed by atoms with Crippen molar-refractivity contribution in [1.82, 2.24) is 10.3 Å². The van der Waals surface area contributed by atoms with Gasteiger partial charge in [-0.2, -0.15) is 0 Å². The third-order valence-corrected chi connectivity index (χ3v) is 5.09. The van der Waals surface area contributed by atoms with E-state index < -0.39 is 0 Å². The van der Waals surface area contributed by atoms with Gasteiger partial charge < -0.3 is 5.32 Å². The van der Waals surface area contributed by atoms with Gasteiger partial charge in [-0.3, -0.25) is 0 Å². The Balaban J connectivity index is 2.00. The van der Waals surface area contributed by atoms with Crippen LogP contribution in [-0.2, 0) is 12.8 Å². The largest absolute Gasteiger partial charge is 0.302 e. The first-order valence-electron chi connectivity index (χ1n) is 7.24. The summed E-state index contributed by atoms with van der Waals surface area (Å²) in [6, 6.07) is 4.88. The van der Waals surface area contributed by atoms with Gasteiger partial charge in [-0.1, -0.05) is 17.7 Å². The molecule has 112 valence electrons. The van der Waals surface area contributed by atoms with E-state index in [1.165, 1.54) is 23.1 Å². The molecule has 0 aliphatic heterocycles. The van der Waals surface area contributed by atoms with Gasteiger partial charge in [0, 0.05) is 21.5 Å². The number of benzene rings is 1. The topological polar surface area (TPSA) is 24.9 Å². The zero-order valence-corrected chi connectivity index (χ0v) is 13.7. The summed E-state index contributed by atoms with van der Waals surface area (Å²) in [5.41, 5.74) is 1.81. The molecule has 0 spiro atoms. The van der Waals surface area contributed by atoms with Crippen molar-refractivity contribution in [2.75, 3.05) is 0 Å². The standard InChI is InChI=1S/C16H18ClFN2S/c1-9(2)19-15(11-7-6-10(17)8-12(11)18)16-20-13-4-3-5-14(13)21-16/h6-9,15,19H,3-5H2,1-2H3. The fraction of sp³-hybridized carbons (Fsp3) is 0.438. The molecule has 1 aromatic heterocycles. The van der Waals surface area contributed by atoms with Gasteiger partial charge >= 0.3 is 0 Å². The van der Waals surface area contributed by atoms with Crippen molar-refractivity contribution in [2.45, 2.75) is 45.2 Å².